The Morgan fingerprint density at radius 1 is 1.19 bits per heavy atom. The van der Waals surface area contributed by atoms with Crippen LogP contribution in [0.2, 0.25) is 0 Å². The molecule has 0 bridgehead atoms. The Kier molecular flexibility index (Phi) is 8.16. The fraction of sp³-hybridized carbons (Fsp3) is 0.562. The molecule has 2 N–H and O–H groups in total. The van der Waals surface area contributed by atoms with E-state index in [4.69, 9.17) is 18.9 Å². The summed E-state index contributed by atoms with van der Waals surface area (Å²) < 4.78 is 50.5. The third kappa shape index (κ3) is 6.19. The van der Waals surface area contributed by atoms with Gasteiger partial charge in [-0.2, -0.15) is 8.78 Å². The number of hydrogen-bond donors (Lipinski definition) is 2. The van der Waals surface area contributed by atoms with Crippen LogP contribution in [0.5, 0.6) is 17.2 Å². The van der Waals surface area contributed by atoms with Crippen molar-refractivity contribution in [3.05, 3.63) is 17.7 Å². The Morgan fingerprint density at radius 2 is 1.96 bits per heavy atom. The molecule has 146 valence electrons. The van der Waals surface area contributed by atoms with Crippen molar-refractivity contribution < 1.29 is 32.5 Å². The molecule has 0 radical (unpaired) electrons. The normalized spacial score (nSPS) is 13.2. The van der Waals surface area contributed by atoms with Gasteiger partial charge < -0.3 is 34.3 Å². The summed E-state index contributed by atoms with van der Waals surface area (Å²) in [5.74, 6) is 1.38. The molecule has 0 spiro atoms. The van der Waals surface area contributed by atoms with Gasteiger partial charge in [-0.05, 0) is 6.07 Å². The molecule has 0 aromatic heterocycles. The molecule has 0 amide bonds. The van der Waals surface area contributed by atoms with E-state index in [2.05, 4.69) is 20.4 Å². The van der Waals surface area contributed by atoms with Crippen LogP contribution in [0.25, 0.3) is 0 Å². The zero-order valence-electron chi connectivity index (χ0n) is 14.7. The predicted octanol–water partition coefficient (Wildman–Crippen LogP) is 1.34. The highest BCUT2D eigenvalue weighted by molar-refractivity contribution is 5.79. The highest BCUT2D eigenvalue weighted by Crippen LogP contribution is 2.38. The molecule has 0 aliphatic carbocycles. The molecule has 1 heterocycles. The second-order valence-corrected chi connectivity index (χ2v) is 5.15. The van der Waals surface area contributed by atoms with Gasteiger partial charge >= 0.3 is 6.61 Å². The van der Waals surface area contributed by atoms with Crippen molar-refractivity contribution in [2.75, 3.05) is 47.3 Å². The van der Waals surface area contributed by atoms with E-state index in [9.17, 15) is 8.78 Å². The summed E-state index contributed by atoms with van der Waals surface area (Å²) in [5.41, 5.74) is 0.494. The van der Waals surface area contributed by atoms with Gasteiger partial charge in [0.15, 0.2) is 17.5 Å². The minimum absolute atomic E-state index is 0.0232. The van der Waals surface area contributed by atoms with Crippen LogP contribution in [0, 0.1) is 0 Å². The van der Waals surface area contributed by atoms with Crippen LogP contribution in [-0.4, -0.2) is 59.9 Å². The van der Waals surface area contributed by atoms with Gasteiger partial charge in [0.25, 0.3) is 0 Å². The number of halogens is 2. The molecule has 0 atom stereocenters. The fourth-order valence-corrected chi connectivity index (χ4v) is 2.19. The fourth-order valence-electron chi connectivity index (χ4n) is 2.19. The smallest absolute Gasteiger partial charge is 0.387 e. The van der Waals surface area contributed by atoms with E-state index in [1.807, 2.05) is 0 Å². The number of hydrogen-bond acceptors (Lipinski definition) is 6. The van der Waals surface area contributed by atoms with Crippen LogP contribution in [0.1, 0.15) is 5.56 Å². The molecular weight excluding hydrogens is 352 g/mol. The second-order valence-electron chi connectivity index (χ2n) is 5.15. The molecule has 8 nitrogen and oxygen atoms in total. The number of nitrogens with zero attached hydrogens (tertiary/aromatic N) is 1. The Morgan fingerprint density at radius 3 is 2.65 bits per heavy atom. The molecule has 1 aliphatic heterocycles. The zero-order valence-corrected chi connectivity index (χ0v) is 14.7. The van der Waals surface area contributed by atoms with E-state index in [0.29, 0.717) is 49.4 Å². The maximum Gasteiger partial charge on any atom is 0.387 e. The first-order chi connectivity index (χ1) is 12.6. The number of guanidine groups is 1. The van der Waals surface area contributed by atoms with Crippen molar-refractivity contribution in [3.63, 3.8) is 0 Å². The third-order valence-corrected chi connectivity index (χ3v) is 3.41. The van der Waals surface area contributed by atoms with E-state index >= 15 is 0 Å². The third-order valence-electron chi connectivity index (χ3n) is 3.41. The number of benzene rings is 1. The quantitative estimate of drug-likeness (QED) is 0.363. The summed E-state index contributed by atoms with van der Waals surface area (Å²) in [5, 5.41) is 6.09. The SMILES string of the molecule is CN=C(NCCOCCOC)NCc1cc2c(cc1OC(F)F)OCO2. The lowest BCUT2D eigenvalue weighted by molar-refractivity contribution is -0.0505. The molecule has 26 heavy (non-hydrogen) atoms. The van der Waals surface area contributed by atoms with E-state index < -0.39 is 6.61 Å². The van der Waals surface area contributed by atoms with Crippen LogP contribution < -0.4 is 24.8 Å². The average Bonchev–Trinajstić information content (AvgIpc) is 3.07. The van der Waals surface area contributed by atoms with Gasteiger partial charge in [-0.25, -0.2) is 0 Å². The lowest BCUT2D eigenvalue weighted by atomic mass is 10.1. The number of methoxy groups -OCH3 is 1. The molecule has 0 fully saturated rings. The van der Waals surface area contributed by atoms with Gasteiger partial charge in [0.1, 0.15) is 5.75 Å². The molecular formula is C16H23F2N3O5. The molecule has 1 aromatic rings. The summed E-state index contributed by atoms with van der Waals surface area (Å²) in [4.78, 5) is 4.07. The van der Waals surface area contributed by atoms with Crippen molar-refractivity contribution >= 4 is 5.96 Å². The van der Waals surface area contributed by atoms with Crippen molar-refractivity contribution in [1.29, 1.82) is 0 Å². The number of ether oxygens (including phenoxy) is 5. The number of aliphatic imine (C=N–C) groups is 1. The minimum Gasteiger partial charge on any atom is -0.454 e. The predicted molar refractivity (Wildman–Crippen MR) is 90.1 cm³/mol. The zero-order chi connectivity index (χ0) is 18.8. The Balaban J connectivity index is 1.88. The summed E-state index contributed by atoms with van der Waals surface area (Å²) in [6.45, 7) is -0.621. The van der Waals surface area contributed by atoms with Gasteiger partial charge in [-0.15, -0.1) is 0 Å². The van der Waals surface area contributed by atoms with Crippen molar-refractivity contribution in [2.45, 2.75) is 13.2 Å². The van der Waals surface area contributed by atoms with Crippen LogP contribution in [0.4, 0.5) is 8.78 Å². The summed E-state index contributed by atoms with van der Waals surface area (Å²) in [7, 11) is 3.22. The molecule has 0 unspecified atom stereocenters. The van der Waals surface area contributed by atoms with E-state index in [0.717, 1.165) is 0 Å². The molecule has 1 aromatic carbocycles. The van der Waals surface area contributed by atoms with Crippen LogP contribution in [0.15, 0.2) is 17.1 Å². The number of fused-ring (bicyclic) bond motifs is 1. The molecule has 0 saturated carbocycles. The van der Waals surface area contributed by atoms with Gasteiger partial charge in [0, 0.05) is 38.9 Å². The largest absolute Gasteiger partial charge is 0.454 e. The van der Waals surface area contributed by atoms with E-state index in [-0.39, 0.29) is 19.1 Å². The average molecular weight is 375 g/mol. The van der Waals surface area contributed by atoms with Crippen LogP contribution in [-0.2, 0) is 16.0 Å². The Bertz CT molecular complexity index is 601. The maximum absolute atomic E-state index is 12.6. The van der Waals surface area contributed by atoms with Gasteiger partial charge in [-0.1, -0.05) is 0 Å². The van der Waals surface area contributed by atoms with Crippen molar-refractivity contribution in [3.8, 4) is 17.2 Å². The molecule has 2 rings (SSSR count). The topological polar surface area (TPSA) is 82.6 Å². The first kappa shape index (κ1) is 20.0. The van der Waals surface area contributed by atoms with Gasteiger partial charge in [0.05, 0.1) is 19.8 Å². The molecule has 1 aliphatic rings. The van der Waals surface area contributed by atoms with Crippen molar-refractivity contribution in [1.82, 2.24) is 10.6 Å². The number of nitrogens with one attached hydrogen (secondary N) is 2. The van der Waals surface area contributed by atoms with E-state index in [1.165, 1.54) is 6.07 Å². The monoisotopic (exact) mass is 375 g/mol. The van der Waals surface area contributed by atoms with Gasteiger partial charge in [-0.3, -0.25) is 4.99 Å². The van der Waals surface area contributed by atoms with E-state index in [1.54, 1.807) is 20.2 Å². The molecule has 0 saturated heterocycles. The highest BCUT2D eigenvalue weighted by Gasteiger charge is 2.20. The molecule has 10 heteroatoms. The standard InChI is InChI=1S/C16H23F2N3O5/c1-19-16(20-3-4-23-6-5-22-2)21-9-11-7-13-14(25-10-24-13)8-12(11)26-15(17)18/h7-8,15H,3-6,9-10H2,1-2H3,(H2,19,20,21). The summed E-state index contributed by atoms with van der Waals surface area (Å²) in [6, 6.07) is 3.00. The Labute approximate surface area is 150 Å². The Hall–Kier alpha value is -2.33. The second kappa shape index (κ2) is 10.6. The summed E-state index contributed by atoms with van der Waals surface area (Å²) in [6.07, 6.45) is 0. The lowest BCUT2D eigenvalue weighted by Gasteiger charge is -2.15. The summed E-state index contributed by atoms with van der Waals surface area (Å²) >= 11 is 0. The maximum atomic E-state index is 12.6. The minimum atomic E-state index is -2.93. The highest BCUT2D eigenvalue weighted by atomic mass is 19.3. The number of alkyl halides is 2. The van der Waals surface area contributed by atoms with Crippen molar-refractivity contribution in [2.24, 2.45) is 4.99 Å². The van der Waals surface area contributed by atoms with Crippen LogP contribution >= 0.6 is 0 Å². The van der Waals surface area contributed by atoms with Gasteiger partial charge in [0.2, 0.25) is 6.79 Å². The number of rotatable bonds is 10. The first-order valence-electron chi connectivity index (χ1n) is 8.02. The lowest BCUT2D eigenvalue weighted by Crippen LogP contribution is -2.38. The first-order valence-corrected chi connectivity index (χ1v) is 8.02. The van der Waals surface area contributed by atoms with Crippen LogP contribution in [0.3, 0.4) is 0 Å².